The van der Waals surface area contributed by atoms with E-state index in [0.717, 1.165) is 28.1 Å². The minimum Gasteiger partial charge on any atom is -0.371 e. The first kappa shape index (κ1) is 18.7. The number of hydrogen-bond acceptors (Lipinski definition) is 5. The summed E-state index contributed by atoms with van der Waals surface area (Å²) in [5, 5.41) is 10.1. The molecule has 0 unspecified atom stereocenters. The van der Waals surface area contributed by atoms with Crippen molar-refractivity contribution < 1.29 is 9.13 Å². The lowest BCUT2D eigenvalue weighted by Gasteiger charge is -2.36. The number of hydrogen-bond donors (Lipinski definition) is 0. The summed E-state index contributed by atoms with van der Waals surface area (Å²) in [7, 11) is 0. The summed E-state index contributed by atoms with van der Waals surface area (Å²) in [5.74, 6) is -0.270. The Bertz CT molecular complexity index is 935. The highest BCUT2D eigenvalue weighted by Gasteiger charge is 2.29. The van der Waals surface area contributed by atoms with Crippen LogP contribution >= 0.6 is 27.3 Å². The van der Waals surface area contributed by atoms with Crippen molar-refractivity contribution in [3.8, 4) is 10.6 Å². The maximum absolute atomic E-state index is 14.0. The van der Waals surface area contributed by atoms with Gasteiger partial charge in [-0.2, -0.15) is 0 Å². The van der Waals surface area contributed by atoms with Gasteiger partial charge < -0.3 is 4.74 Å². The van der Waals surface area contributed by atoms with Crippen molar-refractivity contribution in [2.45, 2.75) is 19.1 Å². The summed E-state index contributed by atoms with van der Waals surface area (Å²) in [6.07, 6.45) is 0.00994. The first-order valence-electron chi connectivity index (χ1n) is 8.82. The van der Waals surface area contributed by atoms with Crippen LogP contribution in [0.5, 0.6) is 0 Å². The van der Waals surface area contributed by atoms with Crippen molar-refractivity contribution in [2.75, 3.05) is 19.7 Å². The summed E-state index contributed by atoms with van der Waals surface area (Å²) >= 11 is 5.06. The van der Waals surface area contributed by atoms with E-state index in [2.05, 4.69) is 44.0 Å². The fourth-order valence-corrected chi connectivity index (χ4v) is 4.75. The second kappa shape index (κ2) is 8.14. The molecule has 4 rings (SSSR count). The van der Waals surface area contributed by atoms with Gasteiger partial charge in [0.05, 0.1) is 18.8 Å². The third-order valence-electron chi connectivity index (χ3n) is 4.80. The van der Waals surface area contributed by atoms with E-state index in [9.17, 15) is 4.39 Å². The maximum Gasteiger partial charge on any atom is 0.150 e. The zero-order chi connectivity index (χ0) is 18.8. The molecule has 0 radical (unpaired) electrons. The number of nitrogens with zero attached hydrogens (tertiary/aromatic N) is 3. The molecule has 2 atom stereocenters. The van der Waals surface area contributed by atoms with Crippen molar-refractivity contribution in [1.29, 1.82) is 0 Å². The molecule has 0 aliphatic carbocycles. The van der Waals surface area contributed by atoms with Gasteiger partial charge >= 0.3 is 0 Å². The van der Waals surface area contributed by atoms with Crippen LogP contribution in [0.3, 0.4) is 0 Å². The van der Waals surface area contributed by atoms with Crippen LogP contribution in [0.1, 0.15) is 29.6 Å². The molecule has 1 saturated heterocycles. The highest BCUT2D eigenvalue weighted by Crippen LogP contribution is 2.34. The van der Waals surface area contributed by atoms with E-state index < -0.39 is 0 Å². The van der Waals surface area contributed by atoms with E-state index in [0.29, 0.717) is 17.2 Å². The monoisotopic (exact) mass is 447 g/mol. The van der Waals surface area contributed by atoms with Crippen molar-refractivity contribution >= 4 is 27.3 Å². The van der Waals surface area contributed by atoms with E-state index >= 15 is 0 Å². The predicted octanol–water partition coefficient (Wildman–Crippen LogP) is 5.24. The van der Waals surface area contributed by atoms with Gasteiger partial charge in [-0.25, -0.2) is 4.39 Å². The zero-order valence-electron chi connectivity index (χ0n) is 14.8. The first-order valence-corrected chi connectivity index (χ1v) is 10.4. The lowest BCUT2D eigenvalue weighted by Crippen LogP contribution is -2.39. The van der Waals surface area contributed by atoms with Crippen molar-refractivity contribution in [3.05, 3.63) is 69.4 Å². The Hall–Kier alpha value is -1.67. The molecule has 0 spiro atoms. The highest BCUT2D eigenvalue weighted by atomic mass is 79.9. The molecule has 2 heterocycles. The first-order chi connectivity index (χ1) is 13.1. The van der Waals surface area contributed by atoms with Crippen molar-refractivity contribution in [3.63, 3.8) is 0 Å². The number of aromatic nitrogens is 2. The average Bonchev–Trinajstić information content (AvgIpc) is 3.18. The fraction of sp³-hybridized carbons (Fsp3) is 0.300. The minimum absolute atomic E-state index is 0.00994. The van der Waals surface area contributed by atoms with Crippen LogP contribution < -0.4 is 0 Å². The van der Waals surface area contributed by atoms with Crippen LogP contribution in [0.2, 0.25) is 0 Å². The van der Waals surface area contributed by atoms with Gasteiger partial charge in [0.25, 0.3) is 0 Å². The molecule has 1 aromatic heterocycles. The van der Waals surface area contributed by atoms with Gasteiger partial charge in [-0.3, -0.25) is 4.90 Å². The highest BCUT2D eigenvalue weighted by molar-refractivity contribution is 9.10. The summed E-state index contributed by atoms with van der Waals surface area (Å²) in [6.45, 7) is 4.39. The number of rotatable bonds is 4. The molecular weight excluding hydrogens is 429 g/mol. The van der Waals surface area contributed by atoms with Gasteiger partial charge in [-0.15, -0.1) is 10.2 Å². The van der Waals surface area contributed by atoms with Gasteiger partial charge in [-0.1, -0.05) is 57.6 Å². The summed E-state index contributed by atoms with van der Waals surface area (Å²) in [6, 6.07) is 14.9. The standard InChI is InChI=1S/C20H19BrFN3OS/c1-13(19-23-24-20(27-19)15-7-3-5-9-17(15)22)25-10-11-26-18(12-25)14-6-2-4-8-16(14)21/h2-9,13,18H,10-12H2,1H3/t13-,18-/m0/s1. The number of benzene rings is 2. The Morgan fingerprint density at radius 3 is 2.78 bits per heavy atom. The van der Waals surface area contributed by atoms with Crippen LogP contribution in [0, 0.1) is 5.82 Å². The number of ether oxygens (including phenoxy) is 1. The Kier molecular flexibility index (Phi) is 5.63. The molecule has 140 valence electrons. The summed E-state index contributed by atoms with van der Waals surface area (Å²) in [5.41, 5.74) is 1.65. The Morgan fingerprint density at radius 1 is 1.19 bits per heavy atom. The predicted molar refractivity (Wildman–Crippen MR) is 108 cm³/mol. The van der Waals surface area contributed by atoms with Gasteiger partial charge in [-0.05, 0) is 30.7 Å². The molecular formula is C20H19BrFN3OS. The smallest absolute Gasteiger partial charge is 0.150 e. The van der Waals surface area contributed by atoms with Gasteiger partial charge in [0.2, 0.25) is 0 Å². The van der Waals surface area contributed by atoms with Crippen LogP contribution in [-0.2, 0) is 4.74 Å². The SMILES string of the molecule is C[C@@H](c1nnc(-c2ccccc2F)s1)N1CCO[C@H](c2ccccc2Br)C1. The molecule has 7 heteroatoms. The fourth-order valence-electron chi connectivity index (χ4n) is 3.25. The van der Waals surface area contributed by atoms with Crippen molar-refractivity contribution in [1.82, 2.24) is 15.1 Å². The largest absolute Gasteiger partial charge is 0.371 e. The lowest BCUT2D eigenvalue weighted by atomic mass is 10.1. The quantitative estimate of drug-likeness (QED) is 0.547. The molecule has 0 bridgehead atoms. The van der Waals surface area contributed by atoms with E-state index in [1.807, 2.05) is 24.3 Å². The van der Waals surface area contributed by atoms with Gasteiger partial charge in [0.1, 0.15) is 10.8 Å². The van der Waals surface area contributed by atoms with Crippen molar-refractivity contribution in [2.24, 2.45) is 0 Å². The van der Waals surface area contributed by atoms with E-state index in [4.69, 9.17) is 4.74 Å². The Balaban J connectivity index is 1.52. The molecule has 27 heavy (non-hydrogen) atoms. The molecule has 0 saturated carbocycles. The molecule has 1 aliphatic rings. The topological polar surface area (TPSA) is 38.2 Å². The van der Waals surface area contributed by atoms with Crippen LogP contribution in [-0.4, -0.2) is 34.8 Å². The normalized spacial score (nSPS) is 19.1. The molecule has 0 N–H and O–H groups in total. The Labute approximate surface area is 170 Å². The lowest BCUT2D eigenvalue weighted by molar-refractivity contribution is -0.0435. The number of halogens is 2. The molecule has 1 aliphatic heterocycles. The van der Waals surface area contributed by atoms with Crippen LogP contribution in [0.25, 0.3) is 10.6 Å². The third kappa shape index (κ3) is 3.96. The molecule has 3 aromatic rings. The molecule has 4 nitrogen and oxygen atoms in total. The average molecular weight is 448 g/mol. The Morgan fingerprint density at radius 2 is 1.96 bits per heavy atom. The summed E-state index contributed by atoms with van der Waals surface area (Å²) < 4.78 is 21.1. The molecule has 1 fully saturated rings. The second-order valence-corrected chi connectivity index (χ2v) is 8.34. The van der Waals surface area contributed by atoms with E-state index in [1.165, 1.54) is 17.4 Å². The maximum atomic E-state index is 14.0. The molecule has 2 aromatic carbocycles. The van der Waals surface area contributed by atoms with Gasteiger partial charge in [0.15, 0.2) is 5.01 Å². The van der Waals surface area contributed by atoms with E-state index in [-0.39, 0.29) is 18.0 Å². The number of morpholine rings is 1. The van der Waals surface area contributed by atoms with Gasteiger partial charge in [0, 0.05) is 23.1 Å². The van der Waals surface area contributed by atoms with Crippen LogP contribution in [0.4, 0.5) is 4.39 Å². The van der Waals surface area contributed by atoms with Crippen LogP contribution in [0.15, 0.2) is 53.0 Å². The zero-order valence-corrected chi connectivity index (χ0v) is 17.2. The third-order valence-corrected chi connectivity index (χ3v) is 6.65. The van der Waals surface area contributed by atoms with E-state index in [1.54, 1.807) is 12.1 Å². The second-order valence-electron chi connectivity index (χ2n) is 6.48. The summed E-state index contributed by atoms with van der Waals surface area (Å²) in [4.78, 5) is 2.35. The minimum atomic E-state index is -0.270. The molecule has 0 amide bonds.